The van der Waals surface area contributed by atoms with E-state index in [4.69, 9.17) is 10.5 Å². The molecule has 0 aliphatic heterocycles. The van der Waals surface area contributed by atoms with Crippen molar-refractivity contribution in [1.82, 2.24) is 0 Å². The fourth-order valence-corrected chi connectivity index (χ4v) is 2.92. The molecule has 2 aromatic rings. The van der Waals surface area contributed by atoms with Gasteiger partial charge in [0.2, 0.25) is 0 Å². The van der Waals surface area contributed by atoms with Crippen molar-refractivity contribution in [3.8, 4) is 11.5 Å². The fourth-order valence-electron chi connectivity index (χ4n) is 1.88. The molecule has 0 fully saturated rings. The Balaban J connectivity index is 2.26. The first-order valence-electron chi connectivity index (χ1n) is 6.36. The van der Waals surface area contributed by atoms with Crippen molar-refractivity contribution in [1.29, 1.82) is 0 Å². The van der Waals surface area contributed by atoms with Gasteiger partial charge >= 0.3 is 0 Å². The third-order valence-corrected chi connectivity index (χ3v) is 4.54. The van der Waals surface area contributed by atoms with Crippen LogP contribution in [-0.4, -0.2) is 21.2 Å². The van der Waals surface area contributed by atoms with Gasteiger partial charge in [-0.25, -0.2) is 8.42 Å². The normalized spacial score (nSPS) is 11.4. The quantitative estimate of drug-likeness (QED) is 0.878. The molecule has 0 aliphatic rings. The SMILES string of the molecule is CS(=O)(=O)c1ccc(Oc2ccc(Br)cc2CCN)cc1. The van der Waals surface area contributed by atoms with Crippen LogP contribution < -0.4 is 10.5 Å². The molecule has 0 saturated carbocycles. The van der Waals surface area contributed by atoms with E-state index in [0.29, 0.717) is 18.7 Å². The van der Waals surface area contributed by atoms with Gasteiger partial charge in [0, 0.05) is 10.7 Å². The summed E-state index contributed by atoms with van der Waals surface area (Å²) in [6.45, 7) is 0.528. The molecule has 0 aromatic heterocycles. The van der Waals surface area contributed by atoms with Crippen LogP contribution >= 0.6 is 15.9 Å². The van der Waals surface area contributed by atoms with Gasteiger partial charge in [0.1, 0.15) is 11.5 Å². The predicted molar refractivity (Wildman–Crippen MR) is 86.5 cm³/mol. The molecular formula is C15H16BrNO3S. The summed E-state index contributed by atoms with van der Waals surface area (Å²) in [6, 6.07) is 12.1. The Kier molecular flexibility index (Phi) is 5.03. The maximum atomic E-state index is 11.4. The van der Waals surface area contributed by atoms with E-state index >= 15 is 0 Å². The number of hydrogen-bond donors (Lipinski definition) is 1. The zero-order valence-corrected chi connectivity index (χ0v) is 13.9. The van der Waals surface area contributed by atoms with Gasteiger partial charge in [0.25, 0.3) is 0 Å². The second kappa shape index (κ2) is 6.60. The Morgan fingerprint density at radius 2 is 1.81 bits per heavy atom. The van der Waals surface area contributed by atoms with Crippen LogP contribution in [0.15, 0.2) is 51.8 Å². The summed E-state index contributed by atoms with van der Waals surface area (Å²) in [6.07, 6.45) is 1.88. The third kappa shape index (κ3) is 4.30. The standard InChI is InChI=1S/C15H16BrNO3S/c1-21(18,19)14-5-3-13(4-6-14)20-15-7-2-12(16)10-11(15)8-9-17/h2-7,10H,8-9,17H2,1H3. The number of ether oxygens (including phenoxy) is 1. The Hall–Kier alpha value is -1.37. The Morgan fingerprint density at radius 1 is 1.14 bits per heavy atom. The highest BCUT2D eigenvalue weighted by Gasteiger charge is 2.09. The third-order valence-electron chi connectivity index (χ3n) is 2.92. The number of nitrogens with two attached hydrogens (primary N) is 1. The van der Waals surface area contributed by atoms with Gasteiger partial charge in [-0.05, 0) is 61.0 Å². The lowest BCUT2D eigenvalue weighted by Crippen LogP contribution is -2.04. The second-order valence-electron chi connectivity index (χ2n) is 4.64. The summed E-state index contributed by atoms with van der Waals surface area (Å²) < 4.78 is 29.6. The molecule has 0 radical (unpaired) electrons. The van der Waals surface area contributed by atoms with E-state index < -0.39 is 9.84 Å². The molecule has 0 unspecified atom stereocenters. The number of hydrogen-bond acceptors (Lipinski definition) is 4. The molecule has 0 bridgehead atoms. The topological polar surface area (TPSA) is 69.4 Å². The van der Waals surface area contributed by atoms with Gasteiger partial charge in [-0.3, -0.25) is 0 Å². The van der Waals surface area contributed by atoms with E-state index in [0.717, 1.165) is 15.8 Å². The summed E-state index contributed by atoms with van der Waals surface area (Å²) in [5.41, 5.74) is 6.60. The zero-order valence-electron chi connectivity index (χ0n) is 11.5. The summed E-state index contributed by atoms with van der Waals surface area (Å²) in [4.78, 5) is 0.271. The highest BCUT2D eigenvalue weighted by Crippen LogP contribution is 2.29. The molecule has 112 valence electrons. The lowest BCUT2D eigenvalue weighted by Gasteiger charge is -2.11. The number of rotatable bonds is 5. The fraction of sp³-hybridized carbons (Fsp3) is 0.200. The molecule has 0 amide bonds. The maximum absolute atomic E-state index is 11.4. The minimum atomic E-state index is -3.19. The van der Waals surface area contributed by atoms with Gasteiger partial charge in [-0.2, -0.15) is 0 Å². The lowest BCUT2D eigenvalue weighted by molar-refractivity contribution is 0.475. The van der Waals surface area contributed by atoms with Crippen molar-refractivity contribution in [2.45, 2.75) is 11.3 Å². The van der Waals surface area contributed by atoms with Crippen molar-refractivity contribution >= 4 is 25.8 Å². The van der Waals surface area contributed by atoms with Gasteiger partial charge in [-0.15, -0.1) is 0 Å². The Labute approximate surface area is 133 Å². The molecule has 0 aliphatic carbocycles. The van der Waals surface area contributed by atoms with Crippen LogP contribution in [0.25, 0.3) is 0 Å². The second-order valence-corrected chi connectivity index (χ2v) is 7.57. The van der Waals surface area contributed by atoms with Crippen LogP contribution in [0.2, 0.25) is 0 Å². The highest BCUT2D eigenvalue weighted by molar-refractivity contribution is 9.10. The van der Waals surface area contributed by atoms with Crippen molar-refractivity contribution in [3.05, 3.63) is 52.5 Å². The molecule has 6 heteroatoms. The van der Waals surface area contributed by atoms with Crippen LogP contribution in [0, 0.1) is 0 Å². The Bertz CT molecular complexity index is 727. The molecule has 4 nitrogen and oxygen atoms in total. The molecule has 2 rings (SSSR count). The van der Waals surface area contributed by atoms with Gasteiger partial charge in [0.15, 0.2) is 9.84 Å². The minimum Gasteiger partial charge on any atom is -0.457 e. The summed E-state index contributed by atoms with van der Waals surface area (Å²) in [5, 5.41) is 0. The molecule has 2 aromatic carbocycles. The van der Waals surface area contributed by atoms with Crippen molar-refractivity contribution < 1.29 is 13.2 Å². The molecule has 21 heavy (non-hydrogen) atoms. The van der Waals surface area contributed by atoms with Crippen molar-refractivity contribution in [2.24, 2.45) is 5.73 Å². The highest BCUT2D eigenvalue weighted by atomic mass is 79.9. The first kappa shape index (κ1) is 16.0. The van der Waals surface area contributed by atoms with Gasteiger partial charge in [-0.1, -0.05) is 15.9 Å². The summed E-state index contributed by atoms with van der Waals surface area (Å²) in [5.74, 6) is 1.30. The van der Waals surface area contributed by atoms with Crippen LogP contribution in [0.4, 0.5) is 0 Å². The average molecular weight is 370 g/mol. The van der Waals surface area contributed by atoms with E-state index in [1.807, 2.05) is 18.2 Å². The molecule has 2 N–H and O–H groups in total. The van der Waals surface area contributed by atoms with E-state index in [1.54, 1.807) is 12.1 Å². The number of halogens is 1. The molecule has 0 spiro atoms. The van der Waals surface area contributed by atoms with Crippen molar-refractivity contribution in [3.63, 3.8) is 0 Å². The monoisotopic (exact) mass is 369 g/mol. The van der Waals surface area contributed by atoms with E-state index in [1.165, 1.54) is 18.4 Å². The lowest BCUT2D eigenvalue weighted by atomic mass is 10.1. The molecule has 0 saturated heterocycles. The molecule has 0 atom stereocenters. The largest absolute Gasteiger partial charge is 0.457 e. The number of benzene rings is 2. The number of sulfone groups is 1. The van der Waals surface area contributed by atoms with E-state index in [-0.39, 0.29) is 4.90 Å². The van der Waals surface area contributed by atoms with Gasteiger partial charge in [0.05, 0.1) is 4.90 Å². The minimum absolute atomic E-state index is 0.271. The summed E-state index contributed by atoms with van der Waals surface area (Å²) >= 11 is 3.42. The smallest absolute Gasteiger partial charge is 0.175 e. The zero-order chi connectivity index (χ0) is 15.5. The van der Waals surface area contributed by atoms with E-state index in [9.17, 15) is 8.42 Å². The van der Waals surface area contributed by atoms with Crippen LogP contribution in [0.5, 0.6) is 11.5 Å². The average Bonchev–Trinajstić information content (AvgIpc) is 2.42. The van der Waals surface area contributed by atoms with E-state index in [2.05, 4.69) is 15.9 Å². The van der Waals surface area contributed by atoms with Crippen LogP contribution in [0.1, 0.15) is 5.56 Å². The van der Waals surface area contributed by atoms with Crippen molar-refractivity contribution in [2.75, 3.05) is 12.8 Å². The molecular weight excluding hydrogens is 354 g/mol. The first-order chi connectivity index (χ1) is 9.90. The van der Waals surface area contributed by atoms with Crippen LogP contribution in [-0.2, 0) is 16.3 Å². The first-order valence-corrected chi connectivity index (χ1v) is 9.05. The van der Waals surface area contributed by atoms with Crippen LogP contribution in [0.3, 0.4) is 0 Å². The predicted octanol–water partition coefficient (Wildman–Crippen LogP) is 3.15. The van der Waals surface area contributed by atoms with Gasteiger partial charge < -0.3 is 10.5 Å². The Morgan fingerprint density at radius 3 is 2.38 bits per heavy atom. The maximum Gasteiger partial charge on any atom is 0.175 e. The summed E-state index contributed by atoms with van der Waals surface area (Å²) in [7, 11) is -3.19. The molecule has 0 heterocycles.